The van der Waals surface area contributed by atoms with E-state index in [2.05, 4.69) is 15.5 Å². The van der Waals surface area contributed by atoms with Crippen molar-refractivity contribution in [2.75, 3.05) is 31.4 Å². The van der Waals surface area contributed by atoms with Gasteiger partial charge in [-0.05, 0) is 63.4 Å². The summed E-state index contributed by atoms with van der Waals surface area (Å²) in [4.78, 5) is 14.0. The Morgan fingerprint density at radius 1 is 0.968 bits per heavy atom. The number of rotatable bonds is 10. The maximum atomic E-state index is 12.8. The van der Waals surface area contributed by atoms with E-state index < -0.39 is 5.91 Å². The summed E-state index contributed by atoms with van der Waals surface area (Å²) in [5.41, 5.74) is 1.09. The lowest BCUT2D eigenvalue weighted by Gasteiger charge is -2.16. The second-order valence-electron chi connectivity index (χ2n) is 6.20. The summed E-state index contributed by atoms with van der Waals surface area (Å²) in [6.07, 6.45) is 2.00. The van der Waals surface area contributed by atoms with E-state index in [1.165, 1.54) is 0 Å². The van der Waals surface area contributed by atoms with E-state index in [1.807, 2.05) is 51.3 Å². The third-order valence-electron chi connectivity index (χ3n) is 4.15. The molecule has 9 heteroatoms. The molecule has 0 bridgehead atoms. The number of nitrogens with zero attached hydrogens (tertiary/aromatic N) is 2. The Bertz CT molecular complexity index is 993. The summed E-state index contributed by atoms with van der Waals surface area (Å²) in [5, 5.41) is 10.6. The molecule has 1 aromatic heterocycles. The minimum absolute atomic E-state index is 0.00116. The van der Waals surface area contributed by atoms with Gasteiger partial charge in [0.05, 0.1) is 19.8 Å². The minimum atomic E-state index is -0.433. The van der Waals surface area contributed by atoms with Crippen molar-refractivity contribution in [2.24, 2.45) is 0 Å². The third-order valence-corrected chi connectivity index (χ3v) is 4.90. The average molecular weight is 444 g/mol. The van der Waals surface area contributed by atoms with Crippen molar-refractivity contribution in [3.8, 4) is 28.7 Å². The van der Waals surface area contributed by atoms with Crippen LogP contribution in [0, 0.1) is 0 Å². The summed E-state index contributed by atoms with van der Waals surface area (Å²) < 4.78 is 22.6. The summed E-state index contributed by atoms with van der Waals surface area (Å²) in [5.74, 6) is 1.22. The van der Waals surface area contributed by atoms with Crippen LogP contribution in [0.3, 0.4) is 0 Å². The zero-order valence-electron chi connectivity index (χ0n) is 17.9. The van der Waals surface area contributed by atoms with E-state index >= 15 is 0 Å². The molecule has 1 amide bonds. The van der Waals surface area contributed by atoms with Crippen molar-refractivity contribution in [2.45, 2.75) is 25.7 Å². The molecule has 3 rings (SSSR count). The van der Waals surface area contributed by atoms with Crippen LogP contribution in [-0.2, 0) is 0 Å². The minimum Gasteiger partial charge on any atom is -0.490 e. The molecular formula is C22H25N3O5S. The number of benzene rings is 2. The number of anilines is 1. The molecule has 0 aliphatic heterocycles. The number of nitrogens with one attached hydrogen (secondary N) is 1. The van der Waals surface area contributed by atoms with Crippen LogP contribution in [0.25, 0.3) is 11.5 Å². The first-order valence-corrected chi connectivity index (χ1v) is 11.2. The molecule has 0 saturated carbocycles. The quantitative estimate of drug-likeness (QED) is 0.442. The molecular weight excluding hydrogens is 418 g/mol. The van der Waals surface area contributed by atoms with E-state index in [1.54, 1.807) is 23.9 Å². The number of ether oxygens (including phenoxy) is 3. The van der Waals surface area contributed by atoms with Gasteiger partial charge in [0.15, 0.2) is 11.5 Å². The van der Waals surface area contributed by atoms with Crippen LogP contribution >= 0.6 is 11.8 Å². The smallest absolute Gasteiger partial charge is 0.322 e. The lowest BCUT2D eigenvalue weighted by atomic mass is 10.1. The Morgan fingerprint density at radius 2 is 1.58 bits per heavy atom. The van der Waals surface area contributed by atoms with Gasteiger partial charge in [-0.3, -0.25) is 10.1 Å². The van der Waals surface area contributed by atoms with Gasteiger partial charge in [0.1, 0.15) is 0 Å². The lowest BCUT2D eigenvalue weighted by Crippen LogP contribution is -2.13. The Balaban J connectivity index is 1.83. The standard InChI is InChI=1S/C22H25N3O5S/c1-5-27-17-12-15(13-18(28-6-2)19(17)29-7-3)20(26)23-22-25-24-21(30-22)14-8-10-16(31-4)11-9-14/h8-13H,5-7H2,1-4H3,(H,23,25,26). The zero-order chi connectivity index (χ0) is 22.2. The van der Waals surface area contributed by atoms with Gasteiger partial charge in [0.2, 0.25) is 11.6 Å². The van der Waals surface area contributed by atoms with Crippen LogP contribution in [0.2, 0.25) is 0 Å². The number of hydrogen-bond donors (Lipinski definition) is 1. The fourth-order valence-corrected chi connectivity index (χ4v) is 3.22. The van der Waals surface area contributed by atoms with Crippen LogP contribution < -0.4 is 19.5 Å². The molecule has 0 unspecified atom stereocenters. The summed E-state index contributed by atoms with van der Waals surface area (Å²) in [6.45, 7) is 6.85. The van der Waals surface area contributed by atoms with Gasteiger partial charge in [0.25, 0.3) is 5.91 Å². The maximum absolute atomic E-state index is 12.8. The second-order valence-corrected chi connectivity index (χ2v) is 7.08. The molecule has 0 radical (unpaired) electrons. The highest BCUT2D eigenvalue weighted by atomic mass is 32.2. The van der Waals surface area contributed by atoms with Crippen molar-refractivity contribution in [3.05, 3.63) is 42.0 Å². The first kappa shape index (κ1) is 22.5. The van der Waals surface area contributed by atoms with Crippen molar-refractivity contribution in [3.63, 3.8) is 0 Å². The van der Waals surface area contributed by atoms with E-state index in [4.69, 9.17) is 18.6 Å². The number of hydrogen-bond acceptors (Lipinski definition) is 8. The number of thioether (sulfide) groups is 1. The highest BCUT2D eigenvalue weighted by Gasteiger charge is 2.20. The van der Waals surface area contributed by atoms with Crippen molar-refractivity contribution < 1.29 is 23.4 Å². The molecule has 0 spiro atoms. The fraction of sp³-hybridized carbons (Fsp3) is 0.318. The first-order valence-electron chi connectivity index (χ1n) is 9.95. The first-order chi connectivity index (χ1) is 15.1. The molecule has 0 fully saturated rings. The Labute approximate surface area is 185 Å². The highest BCUT2D eigenvalue weighted by Crippen LogP contribution is 2.39. The predicted molar refractivity (Wildman–Crippen MR) is 119 cm³/mol. The van der Waals surface area contributed by atoms with Crippen LogP contribution in [0.5, 0.6) is 17.2 Å². The van der Waals surface area contributed by atoms with Gasteiger partial charge in [0, 0.05) is 16.0 Å². The molecule has 31 heavy (non-hydrogen) atoms. The molecule has 164 valence electrons. The summed E-state index contributed by atoms with van der Waals surface area (Å²) in [6, 6.07) is 10.9. The van der Waals surface area contributed by atoms with Crippen molar-refractivity contribution in [1.29, 1.82) is 0 Å². The van der Waals surface area contributed by atoms with Gasteiger partial charge in [-0.15, -0.1) is 16.9 Å². The molecule has 1 heterocycles. The molecule has 0 saturated heterocycles. The van der Waals surface area contributed by atoms with Gasteiger partial charge >= 0.3 is 6.01 Å². The molecule has 0 aliphatic carbocycles. The zero-order valence-corrected chi connectivity index (χ0v) is 18.7. The predicted octanol–water partition coefficient (Wildman–Crippen LogP) is 4.91. The normalized spacial score (nSPS) is 10.6. The highest BCUT2D eigenvalue weighted by molar-refractivity contribution is 7.98. The SMILES string of the molecule is CCOc1cc(C(=O)Nc2nnc(-c3ccc(SC)cc3)o2)cc(OCC)c1OCC. The van der Waals surface area contributed by atoms with Gasteiger partial charge in [-0.25, -0.2) is 0 Å². The van der Waals surface area contributed by atoms with Crippen LogP contribution in [-0.4, -0.2) is 42.2 Å². The second kappa shape index (κ2) is 10.7. The third kappa shape index (κ3) is 5.49. The Morgan fingerprint density at radius 3 is 2.13 bits per heavy atom. The Kier molecular flexibility index (Phi) is 7.77. The molecule has 8 nitrogen and oxygen atoms in total. The number of carbonyl (C=O) groups excluding carboxylic acids is 1. The average Bonchev–Trinajstić information content (AvgIpc) is 3.24. The molecule has 0 aliphatic rings. The van der Waals surface area contributed by atoms with E-state index in [-0.39, 0.29) is 6.01 Å². The van der Waals surface area contributed by atoms with Crippen molar-refractivity contribution in [1.82, 2.24) is 10.2 Å². The molecule has 1 N–H and O–H groups in total. The number of aromatic nitrogens is 2. The monoisotopic (exact) mass is 443 g/mol. The van der Waals surface area contributed by atoms with Crippen LogP contribution in [0.4, 0.5) is 6.01 Å². The van der Waals surface area contributed by atoms with Gasteiger partial charge < -0.3 is 18.6 Å². The summed E-state index contributed by atoms with van der Waals surface area (Å²) in [7, 11) is 0. The number of carbonyl (C=O) groups is 1. The summed E-state index contributed by atoms with van der Waals surface area (Å²) >= 11 is 1.64. The van der Waals surface area contributed by atoms with Gasteiger partial charge in [-0.1, -0.05) is 5.10 Å². The molecule has 0 atom stereocenters. The fourth-order valence-electron chi connectivity index (χ4n) is 2.81. The molecule has 2 aromatic carbocycles. The van der Waals surface area contributed by atoms with Crippen molar-refractivity contribution >= 4 is 23.7 Å². The maximum Gasteiger partial charge on any atom is 0.322 e. The van der Waals surface area contributed by atoms with Gasteiger partial charge in [-0.2, -0.15) is 0 Å². The van der Waals surface area contributed by atoms with E-state index in [0.29, 0.717) is 48.5 Å². The lowest BCUT2D eigenvalue weighted by molar-refractivity contribution is 0.102. The Hall–Kier alpha value is -3.20. The van der Waals surface area contributed by atoms with E-state index in [9.17, 15) is 4.79 Å². The molecule has 3 aromatic rings. The van der Waals surface area contributed by atoms with E-state index in [0.717, 1.165) is 10.5 Å². The van der Waals surface area contributed by atoms with Crippen LogP contribution in [0.15, 0.2) is 45.7 Å². The largest absolute Gasteiger partial charge is 0.490 e. The topological polar surface area (TPSA) is 95.7 Å². The van der Waals surface area contributed by atoms with Crippen LogP contribution in [0.1, 0.15) is 31.1 Å². The number of amides is 1.